The number of carbonyl (C=O) groups excluding carboxylic acids is 1. The molecule has 3 rings (SSSR count). The van der Waals surface area contributed by atoms with Crippen LogP contribution in [-0.2, 0) is 0 Å². The predicted octanol–water partition coefficient (Wildman–Crippen LogP) is 3.10. The number of fused-ring (bicyclic) bond motifs is 1. The maximum Gasteiger partial charge on any atom is 0.336 e. The Labute approximate surface area is 131 Å². The first-order chi connectivity index (χ1) is 11.1. The topological polar surface area (TPSA) is 80.4 Å². The molecule has 2 heterocycles. The van der Waals surface area contributed by atoms with Crippen molar-refractivity contribution in [3.8, 4) is 5.75 Å². The minimum Gasteiger partial charge on any atom is -0.507 e. The van der Waals surface area contributed by atoms with Crippen LogP contribution in [0.15, 0.2) is 58.0 Å². The van der Waals surface area contributed by atoms with Gasteiger partial charge in [0.2, 0.25) is 0 Å². The normalized spacial score (nSPS) is 11.2. The number of hydrogen-bond acceptors (Lipinski definition) is 5. The Morgan fingerprint density at radius 3 is 2.87 bits per heavy atom. The third kappa shape index (κ3) is 2.89. The van der Waals surface area contributed by atoms with Gasteiger partial charge in [-0.15, -0.1) is 0 Å². The number of phenols is 1. The average molecular weight is 307 g/mol. The van der Waals surface area contributed by atoms with Crippen molar-refractivity contribution in [3.63, 3.8) is 0 Å². The van der Waals surface area contributed by atoms with Gasteiger partial charge >= 0.3 is 5.63 Å². The molecule has 114 valence electrons. The molecule has 0 aliphatic rings. The Balaban J connectivity index is 2.12. The van der Waals surface area contributed by atoms with Crippen molar-refractivity contribution in [1.82, 2.24) is 4.98 Å². The standard InChI is InChI=1S/C18H13NO4/c1-11-9-16(22)23-18-13(11)5-7-15(21)17(18)14(20)6-4-12-3-2-8-19-10-12/h2-10,21H,1H3. The number of hydrogen-bond donors (Lipinski definition) is 1. The lowest BCUT2D eigenvalue weighted by Gasteiger charge is -2.06. The van der Waals surface area contributed by atoms with Crippen LogP contribution >= 0.6 is 0 Å². The highest BCUT2D eigenvalue weighted by Crippen LogP contribution is 2.28. The smallest absolute Gasteiger partial charge is 0.336 e. The van der Waals surface area contributed by atoms with Crippen LogP contribution in [0.3, 0.4) is 0 Å². The Morgan fingerprint density at radius 1 is 1.30 bits per heavy atom. The van der Waals surface area contributed by atoms with E-state index in [0.717, 1.165) is 5.56 Å². The fourth-order valence-electron chi connectivity index (χ4n) is 2.34. The van der Waals surface area contributed by atoms with Crippen LogP contribution in [0.1, 0.15) is 21.5 Å². The van der Waals surface area contributed by atoms with Gasteiger partial charge in [-0.05, 0) is 48.4 Å². The summed E-state index contributed by atoms with van der Waals surface area (Å²) in [5.74, 6) is -0.683. The van der Waals surface area contributed by atoms with Crippen LogP contribution in [0.2, 0.25) is 0 Å². The molecule has 0 unspecified atom stereocenters. The number of nitrogens with zero attached hydrogens (tertiary/aromatic N) is 1. The van der Waals surface area contributed by atoms with E-state index in [9.17, 15) is 14.7 Å². The monoisotopic (exact) mass is 307 g/mol. The summed E-state index contributed by atoms with van der Waals surface area (Å²) >= 11 is 0. The van der Waals surface area contributed by atoms with E-state index in [2.05, 4.69) is 4.98 Å². The molecular weight excluding hydrogens is 294 g/mol. The van der Waals surface area contributed by atoms with E-state index in [0.29, 0.717) is 10.9 Å². The van der Waals surface area contributed by atoms with Gasteiger partial charge in [0.25, 0.3) is 0 Å². The third-order valence-electron chi connectivity index (χ3n) is 3.46. The number of aryl methyl sites for hydroxylation is 1. The molecule has 0 spiro atoms. The van der Waals surface area contributed by atoms with Crippen molar-refractivity contribution in [3.05, 3.63) is 75.9 Å². The fourth-order valence-corrected chi connectivity index (χ4v) is 2.34. The third-order valence-corrected chi connectivity index (χ3v) is 3.46. The molecule has 1 aromatic carbocycles. The first kappa shape index (κ1) is 14.7. The van der Waals surface area contributed by atoms with Crippen LogP contribution < -0.4 is 5.63 Å². The molecule has 0 aliphatic carbocycles. The summed E-state index contributed by atoms with van der Waals surface area (Å²) in [4.78, 5) is 28.0. The molecule has 2 aromatic heterocycles. The predicted molar refractivity (Wildman–Crippen MR) is 86.5 cm³/mol. The molecule has 0 amide bonds. The number of aromatic nitrogens is 1. The second-order valence-corrected chi connectivity index (χ2v) is 5.07. The molecule has 3 aromatic rings. The van der Waals surface area contributed by atoms with Gasteiger partial charge in [0.05, 0.1) is 0 Å². The van der Waals surface area contributed by atoms with Gasteiger partial charge < -0.3 is 9.52 Å². The lowest BCUT2D eigenvalue weighted by atomic mass is 10.0. The van der Waals surface area contributed by atoms with Crippen LogP contribution in [-0.4, -0.2) is 15.9 Å². The van der Waals surface area contributed by atoms with Crippen LogP contribution in [0.4, 0.5) is 0 Å². The SMILES string of the molecule is Cc1cc(=O)oc2c(C(=O)C=Cc3cccnc3)c(O)ccc12. The van der Waals surface area contributed by atoms with E-state index in [-0.39, 0.29) is 16.9 Å². The van der Waals surface area contributed by atoms with E-state index < -0.39 is 11.4 Å². The van der Waals surface area contributed by atoms with Crippen molar-refractivity contribution in [1.29, 1.82) is 0 Å². The lowest BCUT2D eigenvalue weighted by Crippen LogP contribution is -2.03. The average Bonchev–Trinajstić information content (AvgIpc) is 2.53. The summed E-state index contributed by atoms with van der Waals surface area (Å²) in [5.41, 5.74) is 0.935. The molecule has 0 saturated carbocycles. The second kappa shape index (κ2) is 5.88. The summed E-state index contributed by atoms with van der Waals surface area (Å²) in [6.45, 7) is 1.75. The van der Waals surface area contributed by atoms with Crippen molar-refractivity contribution in [2.45, 2.75) is 6.92 Å². The number of pyridine rings is 1. The lowest BCUT2D eigenvalue weighted by molar-refractivity contribution is 0.104. The van der Waals surface area contributed by atoms with Crippen LogP contribution in [0.25, 0.3) is 17.0 Å². The number of phenolic OH excluding ortho intramolecular Hbond substituents is 1. The number of carbonyl (C=O) groups is 1. The van der Waals surface area contributed by atoms with E-state index in [1.54, 1.807) is 43.6 Å². The first-order valence-electron chi connectivity index (χ1n) is 6.95. The molecule has 5 nitrogen and oxygen atoms in total. The zero-order chi connectivity index (χ0) is 16.4. The number of benzene rings is 1. The summed E-state index contributed by atoms with van der Waals surface area (Å²) in [6, 6.07) is 7.93. The molecule has 0 atom stereocenters. The highest BCUT2D eigenvalue weighted by molar-refractivity contribution is 6.15. The Kier molecular flexibility index (Phi) is 3.76. The van der Waals surface area contributed by atoms with Gasteiger partial charge in [0.1, 0.15) is 11.3 Å². The molecule has 23 heavy (non-hydrogen) atoms. The van der Waals surface area contributed by atoms with Gasteiger partial charge in [0, 0.05) is 23.8 Å². The highest BCUT2D eigenvalue weighted by Gasteiger charge is 2.17. The quantitative estimate of drug-likeness (QED) is 0.457. The van der Waals surface area contributed by atoms with Crippen molar-refractivity contribution >= 4 is 22.8 Å². The second-order valence-electron chi connectivity index (χ2n) is 5.07. The number of aromatic hydroxyl groups is 1. The molecule has 0 saturated heterocycles. The number of ketones is 1. The van der Waals surface area contributed by atoms with E-state index in [4.69, 9.17) is 4.42 Å². The molecule has 0 fully saturated rings. The van der Waals surface area contributed by atoms with E-state index in [1.165, 1.54) is 18.2 Å². The molecule has 5 heteroatoms. The summed E-state index contributed by atoms with van der Waals surface area (Å²) in [6.07, 6.45) is 6.14. The van der Waals surface area contributed by atoms with Gasteiger partial charge in [-0.2, -0.15) is 0 Å². The zero-order valence-corrected chi connectivity index (χ0v) is 12.3. The van der Waals surface area contributed by atoms with Gasteiger partial charge in [0.15, 0.2) is 11.4 Å². The first-order valence-corrected chi connectivity index (χ1v) is 6.95. The van der Waals surface area contributed by atoms with Crippen LogP contribution in [0.5, 0.6) is 5.75 Å². The van der Waals surface area contributed by atoms with E-state index in [1.807, 2.05) is 0 Å². The number of allylic oxidation sites excluding steroid dienone is 1. The number of rotatable bonds is 3. The fraction of sp³-hybridized carbons (Fsp3) is 0.0556. The molecule has 1 N–H and O–H groups in total. The summed E-state index contributed by atoms with van der Waals surface area (Å²) in [7, 11) is 0. The van der Waals surface area contributed by atoms with Gasteiger partial charge in [-0.1, -0.05) is 6.07 Å². The van der Waals surface area contributed by atoms with Crippen LogP contribution in [0, 0.1) is 6.92 Å². The van der Waals surface area contributed by atoms with Crippen molar-refractivity contribution in [2.24, 2.45) is 0 Å². The van der Waals surface area contributed by atoms with Gasteiger partial charge in [-0.25, -0.2) is 4.79 Å². The van der Waals surface area contributed by atoms with Crippen molar-refractivity contribution in [2.75, 3.05) is 0 Å². The summed E-state index contributed by atoms with van der Waals surface area (Å²) < 4.78 is 5.14. The minimum absolute atomic E-state index is 0.0246. The molecule has 0 radical (unpaired) electrons. The maximum absolute atomic E-state index is 12.4. The Bertz CT molecular complexity index is 971. The largest absolute Gasteiger partial charge is 0.507 e. The molecule has 0 aliphatic heterocycles. The van der Waals surface area contributed by atoms with Crippen molar-refractivity contribution < 1.29 is 14.3 Å². The Hall–Kier alpha value is -3.21. The Morgan fingerprint density at radius 2 is 2.13 bits per heavy atom. The maximum atomic E-state index is 12.4. The minimum atomic E-state index is -0.564. The highest BCUT2D eigenvalue weighted by atomic mass is 16.4. The van der Waals surface area contributed by atoms with E-state index >= 15 is 0 Å². The van der Waals surface area contributed by atoms with Gasteiger partial charge in [-0.3, -0.25) is 9.78 Å². The summed E-state index contributed by atoms with van der Waals surface area (Å²) in [5, 5.41) is 10.6. The molecular formula is C18H13NO4. The molecule has 0 bridgehead atoms. The zero-order valence-electron chi connectivity index (χ0n) is 12.3.